The van der Waals surface area contributed by atoms with Crippen molar-refractivity contribution in [1.29, 1.82) is 0 Å². The van der Waals surface area contributed by atoms with E-state index in [1.807, 2.05) is 0 Å². The first-order chi connectivity index (χ1) is 26.9. The van der Waals surface area contributed by atoms with Crippen molar-refractivity contribution in [3.05, 3.63) is 0 Å². The zero-order valence-corrected chi connectivity index (χ0v) is 43.0. The zero-order chi connectivity index (χ0) is 40.6. The van der Waals surface area contributed by atoms with Crippen molar-refractivity contribution in [3.8, 4) is 0 Å². The summed E-state index contributed by atoms with van der Waals surface area (Å²) in [5, 5.41) is 0. The van der Waals surface area contributed by atoms with E-state index in [4.69, 9.17) is 0 Å². The van der Waals surface area contributed by atoms with E-state index < -0.39 is 20.2 Å². The molecule has 55 heavy (non-hydrogen) atoms. The minimum atomic E-state index is -1.13. The molecule has 0 rings (SSSR count). The van der Waals surface area contributed by atoms with Gasteiger partial charge in [-0.1, -0.05) is 0 Å². The molecule has 0 bridgehead atoms. The first-order valence-corrected chi connectivity index (χ1v) is 32.1. The summed E-state index contributed by atoms with van der Waals surface area (Å²) in [5.41, 5.74) is 0. The Morgan fingerprint density at radius 2 is 0.455 bits per heavy atom. The van der Waals surface area contributed by atoms with Crippen LogP contribution in [0.3, 0.4) is 0 Å². The van der Waals surface area contributed by atoms with Crippen molar-refractivity contribution in [2.45, 2.75) is 307 Å². The van der Waals surface area contributed by atoms with Crippen LogP contribution in [0.1, 0.15) is 293 Å². The molecule has 0 aromatic rings. The van der Waals surface area contributed by atoms with Gasteiger partial charge in [0.15, 0.2) is 0 Å². The van der Waals surface area contributed by atoms with Gasteiger partial charge in [0.2, 0.25) is 0 Å². The van der Waals surface area contributed by atoms with E-state index in [1.54, 1.807) is 51.6 Å². The van der Waals surface area contributed by atoms with E-state index in [2.05, 4.69) is 62.3 Å². The van der Waals surface area contributed by atoms with Gasteiger partial charge >= 0.3 is 362 Å². The Morgan fingerprint density at radius 1 is 0.236 bits per heavy atom. The van der Waals surface area contributed by atoms with Gasteiger partial charge in [0, 0.05) is 0 Å². The first kappa shape index (κ1) is 55.8. The average Bonchev–Trinajstić information content (AvgIpc) is 3.20. The topological polar surface area (TPSA) is 0 Å². The number of hydrogen-bond acceptors (Lipinski definition) is 0. The van der Waals surface area contributed by atoms with Crippen LogP contribution in [-0.4, -0.2) is 20.2 Å². The minimum absolute atomic E-state index is 0.994. The normalized spacial score (nSPS) is 15.4. The standard InChI is InChI=1S/3C18H37.Sb/c3*1-5-9-12-15-18(14-11-7-3)16-17(8-4)13-10-6-2;/h3*17-18H,1,5-16H2,2-4H3;. The second kappa shape index (κ2) is 42.9. The average molecular weight is 882 g/mol. The molecule has 0 aliphatic rings. The Kier molecular flexibility index (Phi) is 43.6. The molecular weight excluding hydrogens is 770 g/mol. The molecule has 0 aromatic carbocycles. The van der Waals surface area contributed by atoms with Crippen LogP contribution in [0.25, 0.3) is 0 Å². The van der Waals surface area contributed by atoms with Crippen LogP contribution in [0.2, 0.25) is 13.1 Å². The fourth-order valence-corrected chi connectivity index (χ4v) is 17.8. The van der Waals surface area contributed by atoms with Crippen molar-refractivity contribution >= 4 is 20.2 Å². The van der Waals surface area contributed by atoms with Gasteiger partial charge in [0.25, 0.3) is 0 Å². The fourth-order valence-electron chi connectivity index (χ4n) is 10.1. The number of unbranched alkanes of at least 4 members (excludes halogenated alkanes) is 12. The number of rotatable bonds is 45. The molecule has 0 radical (unpaired) electrons. The Hall–Kier alpha value is 0.818. The Balaban J connectivity index is 5.13. The van der Waals surface area contributed by atoms with Crippen molar-refractivity contribution in [2.24, 2.45) is 35.5 Å². The summed E-state index contributed by atoms with van der Waals surface area (Å²) in [6, 6.07) is 0. The van der Waals surface area contributed by atoms with Gasteiger partial charge in [0.1, 0.15) is 0 Å². The van der Waals surface area contributed by atoms with Crippen LogP contribution in [0.5, 0.6) is 0 Å². The van der Waals surface area contributed by atoms with Crippen LogP contribution >= 0.6 is 0 Å². The van der Waals surface area contributed by atoms with Gasteiger partial charge in [-0.25, -0.2) is 0 Å². The van der Waals surface area contributed by atoms with Crippen LogP contribution in [0.15, 0.2) is 0 Å². The molecule has 0 fully saturated rings. The van der Waals surface area contributed by atoms with Crippen molar-refractivity contribution in [2.75, 3.05) is 0 Å². The summed E-state index contributed by atoms with van der Waals surface area (Å²) in [4.78, 5) is 0. The molecule has 332 valence electrons. The molecule has 0 heterocycles. The Labute approximate surface area is 360 Å². The summed E-state index contributed by atoms with van der Waals surface area (Å²) >= 11 is -1.13. The third-order valence-electron chi connectivity index (χ3n) is 14.3. The predicted molar refractivity (Wildman–Crippen MR) is 258 cm³/mol. The maximum atomic E-state index is 2.46. The molecule has 0 aliphatic heterocycles. The molecule has 0 aliphatic carbocycles. The van der Waals surface area contributed by atoms with Crippen LogP contribution in [0, 0.1) is 35.5 Å². The van der Waals surface area contributed by atoms with E-state index in [9.17, 15) is 0 Å². The van der Waals surface area contributed by atoms with Crippen LogP contribution in [0.4, 0.5) is 0 Å². The molecule has 0 N–H and O–H groups in total. The molecule has 0 saturated heterocycles. The van der Waals surface area contributed by atoms with Crippen molar-refractivity contribution < 1.29 is 0 Å². The van der Waals surface area contributed by atoms with Crippen molar-refractivity contribution in [1.82, 2.24) is 0 Å². The van der Waals surface area contributed by atoms with Gasteiger partial charge in [-0.2, -0.15) is 0 Å². The summed E-state index contributed by atoms with van der Waals surface area (Å²) in [5.74, 6) is 6.02. The second-order valence-corrected chi connectivity index (χ2v) is 27.0. The van der Waals surface area contributed by atoms with E-state index in [0.717, 1.165) is 35.5 Å². The predicted octanol–water partition coefficient (Wildman–Crippen LogP) is 20.4. The summed E-state index contributed by atoms with van der Waals surface area (Å²) < 4.78 is 5.12. The van der Waals surface area contributed by atoms with Gasteiger partial charge in [-0.15, -0.1) is 0 Å². The Morgan fingerprint density at radius 3 is 0.673 bits per heavy atom. The van der Waals surface area contributed by atoms with E-state index in [1.165, 1.54) is 193 Å². The first-order valence-electron chi connectivity index (χ1n) is 26.7. The Bertz CT molecular complexity index is 621. The quantitative estimate of drug-likeness (QED) is 0.0422. The summed E-state index contributed by atoms with van der Waals surface area (Å²) in [7, 11) is 0. The summed E-state index contributed by atoms with van der Waals surface area (Å²) in [6.45, 7) is 21.7. The van der Waals surface area contributed by atoms with Gasteiger partial charge in [-0.05, 0) is 0 Å². The molecule has 0 aromatic heterocycles. The zero-order valence-electron chi connectivity index (χ0n) is 40.5. The van der Waals surface area contributed by atoms with Crippen LogP contribution < -0.4 is 0 Å². The third-order valence-corrected chi connectivity index (χ3v) is 22.4. The molecule has 0 spiro atoms. The van der Waals surface area contributed by atoms with Gasteiger partial charge in [-0.3, -0.25) is 0 Å². The summed E-state index contributed by atoms with van der Waals surface area (Å²) in [6.07, 6.45) is 53.4. The van der Waals surface area contributed by atoms with Crippen LogP contribution in [-0.2, 0) is 0 Å². The molecule has 1 heteroatoms. The molecular formula is C54H111Sb. The molecule has 0 nitrogen and oxygen atoms in total. The van der Waals surface area contributed by atoms with E-state index >= 15 is 0 Å². The molecule has 6 atom stereocenters. The molecule has 0 saturated carbocycles. The monoisotopic (exact) mass is 881 g/mol. The fraction of sp³-hybridized carbons (Fsp3) is 1.00. The van der Waals surface area contributed by atoms with Gasteiger partial charge in [0.05, 0.1) is 0 Å². The molecule has 0 amide bonds. The van der Waals surface area contributed by atoms with E-state index in [-0.39, 0.29) is 0 Å². The second-order valence-electron chi connectivity index (χ2n) is 19.4. The molecule has 6 unspecified atom stereocenters. The SMILES string of the molecule is CCCCC(CC)CC(CCCC)CCCC[CH2][Sb]([CH2]CCCCC(CCCC)CC(CC)CCCC)[CH2]CCCCC(CCCC)CC(CC)CCCC. The van der Waals surface area contributed by atoms with Gasteiger partial charge < -0.3 is 0 Å². The third kappa shape index (κ3) is 34.3. The number of hydrogen-bond donors (Lipinski definition) is 0. The van der Waals surface area contributed by atoms with E-state index in [0.29, 0.717) is 0 Å². The van der Waals surface area contributed by atoms with Crippen molar-refractivity contribution in [3.63, 3.8) is 0 Å². The maximum absolute atomic E-state index is 2.46.